The van der Waals surface area contributed by atoms with Crippen LogP contribution in [0, 0.1) is 0 Å². The summed E-state index contributed by atoms with van der Waals surface area (Å²) in [4.78, 5) is 5.39. The van der Waals surface area contributed by atoms with Crippen molar-refractivity contribution in [2.24, 2.45) is 0 Å². The fourth-order valence-corrected chi connectivity index (χ4v) is 8.81. The standard InChI is InChI=1S/C53H33N/c1-2-16-35(17-3-1)50-42-23-8-10-25-44(42)51(45-26-11-9-24-43(45)50)38-20-14-19-37(32-38)47-33-48-52(41-22-7-6-21-40(41)47)46-27-12-13-28-49(46)54-53(48)39-30-29-34-15-4-5-18-36(34)31-39/h1-33H. The minimum absolute atomic E-state index is 1.01. The Hall–Kier alpha value is -7.09. The van der Waals surface area contributed by atoms with Crippen molar-refractivity contribution >= 4 is 64.8 Å². The molecule has 1 heterocycles. The van der Waals surface area contributed by atoms with Crippen LogP contribution in [-0.2, 0) is 0 Å². The highest BCUT2D eigenvalue weighted by Crippen LogP contribution is 2.46. The highest BCUT2D eigenvalue weighted by Gasteiger charge is 2.19. The highest BCUT2D eigenvalue weighted by atomic mass is 14.7. The number of nitrogens with zero attached hydrogens (tertiary/aromatic N) is 1. The van der Waals surface area contributed by atoms with Crippen LogP contribution >= 0.6 is 0 Å². The van der Waals surface area contributed by atoms with Gasteiger partial charge in [-0.05, 0) is 101 Å². The molecule has 0 radical (unpaired) electrons. The van der Waals surface area contributed by atoms with E-state index in [-0.39, 0.29) is 0 Å². The third kappa shape index (κ3) is 4.76. The van der Waals surface area contributed by atoms with Crippen LogP contribution in [0.2, 0.25) is 0 Å². The monoisotopic (exact) mass is 683 g/mol. The summed E-state index contributed by atoms with van der Waals surface area (Å²) in [6, 6.07) is 72.9. The SMILES string of the molecule is c1ccc(-c2c3ccccc3c(-c3cccc(-c4cc5c(-c6ccc7ccccc7c6)nc6ccccc6c5c5ccccc45)c3)c3ccccc23)cc1. The fraction of sp³-hybridized carbons (Fsp3) is 0. The Labute approximate surface area is 313 Å². The lowest BCUT2D eigenvalue weighted by Gasteiger charge is -2.19. The molecule has 1 heteroatoms. The molecule has 0 fully saturated rings. The predicted molar refractivity (Wildman–Crippen MR) is 231 cm³/mol. The lowest BCUT2D eigenvalue weighted by Crippen LogP contribution is -1.93. The summed E-state index contributed by atoms with van der Waals surface area (Å²) in [5.74, 6) is 0. The van der Waals surface area contributed by atoms with Gasteiger partial charge in [-0.1, -0.05) is 176 Å². The molecule has 1 nitrogen and oxygen atoms in total. The lowest BCUT2D eigenvalue weighted by molar-refractivity contribution is 1.43. The van der Waals surface area contributed by atoms with E-state index < -0.39 is 0 Å². The third-order valence-corrected chi connectivity index (χ3v) is 11.2. The van der Waals surface area contributed by atoms with E-state index in [0.717, 1.165) is 22.2 Å². The molecule has 1 aromatic heterocycles. The lowest BCUT2D eigenvalue weighted by atomic mass is 9.85. The number of benzene rings is 10. The Balaban J connectivity index is 1.20. The first-order chi connectivity index (χ1) is 26.8. The maximum absolute atomic E-state index is 5.39. The average Bonchev–Trinajstić information content (AvgIpc) is 3.25. The van der Waals surface area contributed by atoms with Gasteiger partial charge in [-0.25, -0.2) is 4.98 Å². The Kier molecular flexibility index (Phi) is 6.93. The van der Waals surface area contributed by atoms with Crippen LogP contribution in [0.3, 0.4) is 0 Å². The molecule has 10 aromatic carbocycles. The average molecular weight is 684 g/mol. The van der Waals surface area contributed by atoms with Crippen LogP contribution in [0.1, 0.15) is 0 Å². The van der Waals surface area contributed by atoms with E-state index in [1.54, 1.807) is 0 Å². The van der Waals surface area contributed by atoms with Crippen molar-refractivity contribution in [1.82, 2.24) is 4.98 Å². The number of rotatable bonds is 4. The molecule has 0 N–H and O–H groups in total. The molecule has 0 aliphatic rings. The molecule has 0 spiro atoms. The molecular weight excluding hydrogens is 651 g/mol. The van der Waals surface area contributed by atoms with Crippen molar-refractivity contribution < 1.29 is 0 Å². The Morgan fingerprint density at radius 1 is 0.278 bits per heavy atom. The first kappa shape index (κ1) is 30.5. The normalized spacial score (nSPS) is 11.7. The molecule has 0 saturated carbocycles. The van der Waals surface area contributed by atoms with Gasteiger partial charge in [-0.3, -0.25) is 0 Å². The summed E-state index contributed by atoms with van der Waals surface area (Å²) in [6.07, 6.45) is 0. The second-order valence-electron chi connectivity index (χ2n) is 14.2. The molecular formula is C53H33N. The van der Waals surface area contributed by atoms with Crippen LogP contribution in [-0.4, -0.2) is 4.98 Å². The van der Waals surface area contributed by atoms with E-state index in [4.69, 9.17) is 4.98 Å². The van der Waals surface area contributed by atoms with E-state index >= 15 is 0 Å². The number of pyridine rings is 1. The van der Waals surface area contributed by atoms with Crippen molar-refractivity contribution in [2.45, 2.75) is 0 Å². The van der Waals surface area contributed by atoms with Gasteiger partial charge in [0.15, 0.2) is 0 Å². The van der Waals surface area contributed by atoms with E-state index in [1.165, 1.54) is 87.2 Å². The van der Waals surface area contributed by atoms with Crippen molar-refractivity contribution in [3.63, 3.8) is 0 Å². The molecule has 54 heavy (non-hydrogen) atoms. The van der Waals surface area contributed by atoms with Gasteiger partial charge in [0.25, 0.3) is 0 Å². The quantitative estimate of drug-likeness (QED) is 0.133. The summed E-state index contributed by atoms with van der Waals surface area (Å²) in [5.41, 5.74) is 10.5. The first-order valence-electron chi connectivity index (χ1n) is 18.6. The number of hydrogen-bond donors (Lipinski definition) is 0. The second kappa shape index (κ2) is 12.3. The summed E-state index contributed by atoms with van der Waals surface area (Å²) in [5, 5.41) is 13.5. The van der Waals surface area contributed by atoms with Crippen LogP contribution < -0.4 is 0 Å². The van der Waals surface area contributed by atoms with Crippen LogP contribution in [0.25, 0.3) is 109 Å². The van der Waals surface area contributed by atoms with Crippen molar-refractivity contribution in [3.05, 3.63) is 200 Å². The zero-order valence-corrected chi connectivity index (χ0v) is 29.5. The summed E-state index contributed by atoms with van der Waals surface area (Å²) in [7, 11) is 0. The van der Waals surface area contributed by atoms with Gasteiger partial charge < -0.3 is 0 Å². The number of para-hydroxylation sites is 1. The minimum atomic E-state index is 1.01. The first-order valence-corrected chi connectivity index (χ1v) is 18.6. The maximum atomic E-state index is 5.39. The van der Waals surface area contributed by atoms with Gasteiger partial charge in [-0.15, -0.1) is 0 Å². The zero-order valence-electron chi connectivity index (χ0n) is 29.5. The van der Waals surface area contributed by atoms with Crippen LogP contribution in [0.4, 0.5) is 0 Å². The molecule has 0 atom stereocenters. The van der Waals surface area contributed by atoms with Crippen LogP contribution in [0.5, 0.6) is 0 Å². The van der Waals surface area contributed by atoms with Gasteiger partial charge in [0, 0.05) is 21.7 Å². The summed E-state index contributed by atoms with van der Waals surface area (Å²) >= 11 is 0. The third-order valence-electron chi connectivity index (χ3n) is 11.2. The molecule has 0 amide bonds. The smallest absolute Gasteiger partial charge is 0.0788 e. The second-order valence-corrected chi connectivity index (χ2v) is 14.2. The van der Waals surface area contributed by atoms with Gasteiger partial charge in [0.2, 0.25) is 0 Å². The topological polar surface area (TPSA) is 12.9 Å². The minimum Gasteiger partial charge on any atom is -0.247 e. The zero-order chi connectivity index (χ0) is 35.6. The van der Waals surface area contributed by atoms with Gasteiger partial charge in [-0.2, -0.15) is 0 Å². The molecule has 0 aliphatic heterocycles. The van der Waals surface area contributed by atoms with Crippen LogP contribution in [0.15, 0.2) is 200 Å². The molecule has 0 aliphatic carbocycles. The fourth-order valence-electron chi connectivity index (χ4n) is 8.81. The molecule has 0 saturated heterocycles. The Bertz CT molecular complexity index is 3210. The Morgan fingerprint density at radius 2 is 0.815 bits per heavy atom. The van der Waals surface area contributed by atoms with Gasteiger partial charge in [0.1, 0.15) is 0 Å². The van der Waals surface area contributed by atoms with Gasteiger partial charge >= 0.3 is 0 Å². The van der Waals surface area contributed by atoms with E-state index in [1.807, 2.05) is 0 Å². The number of hydrogen-bond acceptors (Lipinski definition) is 1. The van der Waals surface area contributed by atoms with Crippen molar-refractivity contribution in [3.8, 4) is 44.6 Å². The highest BCUT2D eigenvalue weighted by molar-refractivity contribution is 6.26. The molecule has 250 valence electrons. The van der Waals surface area contributed by atoms with Gasteiger partial charge in [0.05, 0.1) is 11.2 Å². The maximum Gasteiger partial charge on any atom is 0.0788 e. The number of aromatic nitrogens is 1. The molecule has 11 rings (SSSR count). The van der Waals surface area contributed by atoms with E-state index in [0.29, 0.717) is 0 Å². The molecule has 0 unspecified atom stereocenters. The Morgan fingerprint density at radius 3 is 1.54 bits per heavy atom. The molecule has 0 bridgehead atoms. The molecule has 11 aromatic rings. The van der Waals surface area contributed by atoms with E-state index in [9.17, 15) is 0 Å². The van der Waals surface area contributed by atoms with E-state index in [2.05, 4.69) is 200 Å². The predicted octanol–water partition coefficient (Wildman–Crippen LogP) is 14.7. The number of fused-ring (bicyclic) bond motifs is 8. The summed E-state index contributed by atoms with van der Waals surface area (Å²) < 4.78 is 0. The van der Waals surface area contributed by atoms with Crippen molar-refractivity contribution in [2.75, 3.05) is 0 Å². The summed E-state index contributed by atoms with van der Waals surface area (Å²) in [6.45, 7) is 0. The van der Waals surface area contributed by atoms with Crippen molar-refractivity contribution in [1.29, 1.82) is 0 Å². The largest absolute Gasteiger partial charge is 0.247 e.